The molecule has 4 aromatic rings. The van der Waals surface area contributed by atoms with E-state index in [-0.39, 0.29) is 18.9 Å². The summed E-state index contributed by atoms with van der Waals surface area (Å²) in [6.07, 6.45) is 3.58. The van der Waals surface area contributed by atoms with Crippen LogP contribution in [-0.4, -0.2) is 53.4 Å². The minimum absolute atomic E-state index is 0.196. The number of carbonyl (C=O) groups is 1. The van der Waals surface area contributed by atoms with Gasteiger partial charge in [0.25, 0.3) is 5.91 Å². The van der Waals surface area contributed by atoms with Crippen molar-refractivity contribution in [1.29, 1.82) is 5.26 Å². The number of pyridine rings is 1. The number of ether oxygens (including phenoxy) is 3. The van der Waals surface area contributed by atoms with E-state index < -0.39 is 0 Å². The lowest BCUT2D eigenvalue weighted by Crippen LogP contribution is -2.33. The van der Waals surface area contributed by atoms with Crippen LogP contribution in [0.5, 0.6) is 17.2 Å². The van der Waals surface area contributed by atoms with E-state index in [2.05, 4.69) is 11.1 Å². The summed E-state index contributed by atoms with van der Waals surface area (Å²) in [5.41, 5.74) is 3.16. The zero-order valence-corrected chi connectivity index (χ0v) is 20.9. The fraction of sp³-hybridized carbons (Fsp3) is 0.214. The summed E-state index contributed by atoms with van der Waals surface area (Å²) in [4.78, 5) is 19.7. The molecule has 0 radical (unpaired) electrons. The van der Waals surface area contributed by atoms with Gasteiger partial charge in [0.1, 0.15) is 22.9 Å². The Hall–Kier alpha value is -4.84. The molecule has 4 rings (SSSR count). The fourth-order valence-corrected chi connectivity index (χ4v) is 3.91. The third-order valence-electron chi connectivity index (χ3n) is 5.81. The van der Waals surface area contributed by atoms with Gasteiger partial charge in [-0.1, -0.05) is 6.07 Å². The van der Waals surface area contributed by atoms with Gasteiger partial charge in [-0.3, -0.25) is 9.78 Å². The number of rotatable bonds is 10. The molecule has 188 valence electrons. The first-order valence-corrected chi connectivity index (χ1v) is 11.6. The summed E-state index contributed by atoms with van der Waals surface area (Å²) in [5, 5.41) is 14.0. The van der Waals surface area contributed by atoms with Crippen LogP contribution in [0.1, 0.15) is 22.5 Å². The van der Waals surface area contributed by atoms with Crippen LogP contribution in [0.2, 0.25) is 0 Å². The Bertz CT molecular complexity index is 1390. The highest BCUT2D eigenvalue weighted by molar-refractivity contribution is 5.94. The summed E-state index contributed by atoms with van der Waals surface area (Å²) < 4.78 is 17.8. The molecule has 9 nitrogen and oxygen atoms in total. The number of aromatic nitrogens is 3. The lowest BCUT2D eigenvalue weighted by atomic mass is 10.1. The van der Waals surface area contributed by atoms with Gasteiger partial charge in [-0.15, -0.1) is 0 Å². The van der Waals surface area contributed by atoms with Crippen LogP contribution in [-0.2, 0) is 6.54 Å². The number of nitrogens with zero attached hydrogens (tertiary/aromatic N) is 5. The number of hydrogen-bond acceptors (Lipinski definition) is 7. The molecule has 0 aliphatic heterocycles. The van der Waals surface area contributed by atoms with Crippen molar-refractivity contribution in [3.63, 3.8) is 0 Å². The van der Waals surface area contributed by atoms with Crippen LogP contribution in [0.15, 0.2) is 73.1 Å². The van der Waals surface area contributed by atoms with E-state index in [0.717, 1.165) is 5.56 Å². The molecule has 0 spiro atoms. The van der Waals surface area contributed by atoms with Crippen molar-refractivity contribution in [2.45, 2.75) is 13.0 Å². The van der Waals surface area contributed by atoms with Crippen LogP contribution in [0.25, 0.3) is 16.9 Å². The van der Waals surface area contributed by atoms with Gasteiger partial charge in [0, 0.05) is 37.1 Å². The standard InChI is InChI=1S/C28H27N5O4/c1-35-22-9-7-21(8-10-22)33-26(17-25(31-33)24-12-11-23(36-2)16-27(24)37-3)28(34)32(15-5-13-29)19-20-6-4-14-30-18-20/h4,6-12,14,16-18H,5,15,19H2,1-3H3. The largest absolute Gasteiger partial charge is 0.497 e. The molecule has 0 unspecified atom stereocenters. The van der Waals surface area contributed by atoms with E-state index in [4.69, 9.17) is 19.3 Å². The quantitative estimate of drug-likeness (QED) is 0.317. The van der Waals surface area contributed by atoms with Crippen molar-refractivity contribution in [1.82, 2.24) is 19.7 Å². The molecule has 2 aromatic carbocycles. The van der Waals surface area contributed by atoms with E-state index in [0.29, 0.717) is 46.4 Å². The van der Waals surface area contributed by atoms with Crippen molar-refractivity contribution >= 4 is 5.91 Å². The lowest BCUT2D eigenvalue weighted by Gasteiger charge is -2.22. The predicted molar refractivity (Wildman–Crippen MR) is 138 cm³/mol. The van der Waals surface area contributed by atoms with Crippen molar-refractivity contribution < 1.29 is 19.0 Å². The van der Waals surface area contributed by atoms with Crippen LogP contribution in [0, 0.1) is 11.3 Å². The average molecular weight is 498 g/mol. The Labute approximate surface area is 215 Å². The molecular formula is C28H27N5O4. The summed E-state index contributed by atoms with van der Waals surface area (Å²) in [7, 11) is 4.75. The van der Waals surface area contributed by atoms with Crippen molar-refractivity contribution in [3.8, 4) is 40.3 Å². The second-order valence-corrected chi connectivity index (χ2v) is 8.09. The van der Waals surface area contributed by atoms with E-state index in [1.165, 1.54) is 0 Å². The molecule has 37 heavy (non-hydrogen) atoms. The fourth-order valence-electron chi connectivity index (χ4n) is 3.91. The molecule has 0 fully saturated rings. The first-order chi connectivity index (χ1) is 18.1. The summed E-state index contributed by atoms with van der Waals surface area (Å²) in [6, 6.07) is 20.3. The lowest BCUT2D eigenvalue weighted by molar-refractivity contribution is 0.0737. The minimum Gasteiger partial charge on any atom is -0.497 e. The number of methoxy groups -OCH3 is 3. The maximum Gasteiger partial charge on any atom is 0.272 e. The Kier molecular flexibility index (Phi) is 8.01. The second kappa shape index (κ2) is 11.7. The Morgan fingerprint density at radius 2 is 1.76 bits per heavy atom. The van der Waals surface area contributed by atoms with E-state index in [1.807, 2.05) is 48.5 Å². The van der Waals surface area contributed by atoms with Crippen LogP contribution in [0.3, 0.4) is 0 Å². The van der Waals surface area contributed by atoms with Gasteiger partial charge in [0.2, 0.25) is 0 Å². The summed E-state index contributed by atoms with van der Waals surface area (Å²) in [6.45, 7) is 0.572. The summed E-state index contributed by atoms with van der Waals surface area (Å²) >= 11 is 0. The monoisotopic (exact) mass is 497 g/mol. The van der Waals surface area contributed by atoms with Crippen LogP contribution >= 0.6 is 0 Å². The Morgan fingerprint density at radius 3 is 2.41 bits per heavy atom. The number of benzene rings is 2. The highest BCUT2D eigenvalue weighted by Crippen LogP contribution is 2.34. The van der Waals surface area contributed by atoms with Gasteiger partial charge < -0.3 is 19.1 Å². The zero-order chi connectivity index (χ0) is 26.2. The molecule has 0 aliphatic rings. The number of carbonyl (C=O) groups excluding carboxylic acids is 1. The Balaban J connectivity index is 1.81. The molecular weight excluding hydrogens is 470 g/mol. The SMILES string of the molecule is COc1ccc(-n2nc(-c3ccc(OC)cc3OC)cc2C(=O)N(CCC#N)Cc2cccnc2)cc1. The molecule has 9 heteroatoms. The smallest absolute Gasteiger partial charge is 0.272 e. The molecule has 0 bridgehead atoms. The molecule has 0 saturated carbocycles. The first kappa shape index (κ1) is 25.3. The molecule has 0 saturated heterocycles. The molecule has 2 aromatic heterocycles. The molecule has 2 heterocycles. The molecule has 0 N–H and O–H groups in total. The van der Waals surface area contributed by atoms with Gasteiger partial charge in [0.05, 0.1) is 45.2 Å². The van der Waals surface area contributed by atoms with Crippen molar-refractivity contribution in [2.75, 3.05) is 27.9 Å². The number of amides is 1. The van der Waals surface area contributed by atoms with Gasteiger partial charge in [-0.2, -0.15) is 10.4 Å². The molecule has 1 amide bonds. The van der Waals surface area contributed by atoms with Crippen LogP contribution < -0.4 is 14.2 Å². The Morgan fingerprint density at radius 1 is 1.00 bits per heavy atom. The topological polar surface area (TPSA) is 103 Å². The number of nitriles is 1. The maximum atomic E-state index is 13.9. The number of hydrogen-bond donors (Lipinski definition) is 0. The predicted octanol–water partition coefficient (Wildman–Crippen LogP) is 4.52. The van der Waals surface area contributed by atoms with Gasteiger partial charge >= 0.3 is 0 Å². The molecule has 0 atom stereocenters. The van der Waals surface area contributed by atoms with Gasteiger partial charge in [-0.05, 0) is 54.1 Å². The first-order valence-electron chi connectivity index (χ1n) is 11.6. The van der Waals surface area contributed by atoms with Crippen LogP contribution in [0.4, 0.5) is 0 Å². The highest BCUT2D eigenvalue weighted by atomic mass is 16.5. The van der Waals surface area contributed by atoms with Gasteiger partial charge in [0.15, 0.2) is 0 Å². The van der Waals surface area contributed by atoms with E-state index in [9.17, 15) is 10.1 Å². The minimum atomic E-state index is -0.263. The average Bonchev–Trinajstić information content (AvgIpc) is 3.40. The maximum absolute atomic E-state index is 13.9. The van der Waals surface area contributed by atoms with Crippen molar-refractivity contribution in [3.05, 3.63) is 84.3 Å². The second-order valence-electron chi connectivity index (χ2n) is 8.09. The third-order valence-corrected chi connectivity index (χ3v) is 5.81. The van der Waals surface area contributed by atoms with E-state index in [1.54, 1.807) is 55.4 Å². The van der Waals surface area contributed by atoms with Gasteiger partial charge in [-0.25, -0.2) is 4.68 Å². The van der Waals surface area contributed by atoms with Crippen molar-refractivity contribution in [2.24, 2.45) is 0 Å². The normalized spacial score (nSPS) is 10.4. The zero-order valence-electron chi connectivity index (χ0n) is 20.9. The third kappa shape index (κ3) is 5.70. The van der Waals surface area contributed by atoms with E-state index >= 15 is 0 Å². The molecule has 0 aliphatic carbocycles. The summed E-state index contributed by atoms with van der Waals surface area (Å²) in [5.74, 6) is 1.63. The highest BCUT2D eigenvalue weighted by Gasteiger charge is 2.24.